The number of benzene rings is 1. The molecule has 0 radical (unpaired) electrons. The Morgan fingerprint density at radius 1 is 1.32 bits per heavy atom. The quantitative estimate of drug-likeness (QED) is 0.837. The van der Waals surface area contributed by atoms with Crippen molar-refractivity contribution in [3.63, 3.8) is 0 Å². The maximum atomic E-state index is 13.4. The Labute approximate surface area is 145 Å². The van der Waals surface area contributed by atoms with Crippen LogP contribution in [0.15, 0.2) is 48.8 Å². The normalized spacial score (nSPS) is 14.9. The molecule has 1 fully saturated rings. The molecule has 1 aromatic carbocycles. The predicted molar refractivity (Wildman–Crippen MR) is 90.6 cm³/mol. The number of nitrogens with zero attached hydrogens (tertiary/aromatic N) is 2. The Bertz CT molecular complexity index is 754. The number of aromatic nitrogens is 1. The van der Waals surface area contributed by atoms with Gasteiger partial charge in [-0.1, -0.05) is 12.1 Å². The summed E-state index contributed by atoms with van der Waals surface area (Å²) in [4.78, 5) is 29.8. The highest BCUT2D eigenvalue weighted by molar-refractivity contribution is 5.94. The molecule has 3 rings (SSSR count). The topological polar surface area (TPSA) is 74.3 Å². The molecule has 1 aromatic heterocycles. The summed E-state index contributed by atoms with van der Waals surface area (Å²) in [5, 5.41) is 5.61. The molecule has 0 unspecified atom stereocenters. The van der Waals surface area contributed by atoms with Gasteiger partial charge in [-0.3, -0.25) is 9.78 Å². The fourth-order valence-corrected chi connectivity index (χ4v) is 2.88. The third kappa shape index (κ3) is 4.32. The summed E-state index contributed by atoms with van der Waals surface area (Å²) in [6.45, 7) is 1.41. The SMILES string of the molecule is O=C(NC[C@H](Cc1cccc(F)c1)N1CCNC1=O)c1ccncc1. The van der Waals surface area contributed by atoms with Crippen molar-refractivity contribution in [1.29, 1.82) is 0 Å². The zero-order valence-electron chi connectivity index (χ0n) is 13.6. The number of hydrogen-bond donors (Lipinski definition) is 2. The standard InChI is InChI=1S/C18H19FN4O2/c19-15-3-1-2-13(10-15)11-16(23-9-8-21-18(23)25)12-22-17(24)14-4-6-20-7-5-14/h1-7,10,16H,8-9,11-12H2,(H,21,25)(H,22,24)/t16-/m0/s1. The monoisotopic (exact) mass is 342 g/mol. The van der Waals surface area contributed by atoms with Crippen LogP contribution < -0.4 is 10.6 Å². The molecule has 0 aliphatic carbocycles. The minimum atomic E-state index is -0.317. The first-order chi connectivity index (χ1) is 12.1. The van der Waals surface area contributed by atoms with Crippen molar-refractivity contribution in [2.24, 2.45) is 0 Å². The summed E-state index contributed by atoms with van der Waals surface area (Å²) in [6, 6.07) is 9.11. The minimum Gasteiger partial charge on any atom is -0.350 e. The summed E-state index contributed by atoms with van der Waals surface area (Å²) < 4.78 is 13.4. The Morgan fingerprint density at radius 3 is 2.80 bits per heavy atom. The Balaban J connectivity index is 1.70. The number of hydrogen-bond acceptors (Lipinski definition) is 3. The van der Waals surface area contributed by atoms with Gasteiger partial charge in [-0.15, -0.1) is 0 Å². The van der Waals surface area contributed by atoms with E-state index in [-0.39, 0.29) is 30.3 Å². The van der Waals surface area contributed by atoms with E-state index in [1.807, 2.05) is 6.07 Å². The van der Waals surface area contributed by atoms with E-state index in [0.29, 0.717) is 25.1 Å². The first-order valence-electron chi connectivity index (χ1n) is 8.10. The van der Waals surface area contributed by atoms with Crippen molar-refractivity contribution in [2.45, 2.75) is 12.5 Å². The predicted octanol–water partition coefficient (Wildman–Crippen LogP) is 1.59. The molecule has 2 heterocycles. The van der Waals surface area contributed by atoms with Gasteiger partial charge in [0.1, 0.15) is 5.82 Å². The molecule has 1 saturated heterocycles. The van der Waals surface area contributed by atoms with E-state index < -0.39 is 0 Å². The van der Waals surface area contributed by atoms with E-state index in [9.17, 15) is 14.0 Å². The third-order valence-corrected chi connectivity index (χ3v) is 4.13. The average Bonchev–Trinajstić information content (AvgIpc) is 3.05. The molecule has 2 N–H and O–H groups in total. The van der Waals surface area contributed by atoms with Crippen molar-refractivity contribution >= 4 is 11.9 Å². The van der Waals surface area contributed by atoms with Gasteiger partial charge in [0.15, 0.2) is 0 Å². The number of amides is 3. The van der Waals surface area contributed by atoms with Crippen LogP contribution in [0.25, 0.3) is 0 Å². The minimum absolute atomic E-state index is 0.167. The van der Waals surface area contributed by atoms with E-state index in [1.165, 1.54) is 12.1 Å². The number of pyridine rings is 1. The van der Waals surface area contributed by atoms with Gasteiger partial charge in [0.25, 0.3) is 5.91 Å². The van der Waals surface area contributed by atoms with Gasteiger partial charge in [-0.2, -0.15) is 0 Å². The van der Waals surface area contributed by atoms with Crippen molar-refractivity contribution in [2.75, 3.05) is 19.6 Å². The van der Waals surface area contributed by atoms with Crippen LogP contribution >= 0.6 is 0 Å². The van der Waals surface area contributed by atoms with Crippen LogP contribution in [0.2, 0.25) is 0 Å². The van der Waals surface area contributed by atoms with Gasteiger partial charge in [-0.05, 0) is 36.2 Å². The lowest BCUT2D eigenvalue weighted by atomic mass is 10.0. The van der Waals surface area contributed by atoms with Gasteiger partial charge in [0, 0.05) is 37.6 Å². The van der Waals surface area contributed by atoms with E-state index in [0.717, 1.165) is 5.56 Å². The molecule has 0 saturated carbocycles. The van der Waals surface area contributed by atoms with E-state index in [4.69, 9.17) is 0 Å². The number of nitrogens with one attached hydrogen (secondary N) is 2. The third-order valence-electron chi connectivity index (χ3n) is 4.13. The maximum Gasteiger partial charge on any atom is 0.317 e. The zero-order chi connectivity index (χ0) is 17.6. The van der Waals surface area contributed by atoms with E-state index in [2.05, 4.69) is 15.6 Å². The second-order valence-corrected chi connectivity index (χ2v) is 5.86. The number of carbonyl (C=O) groups excluding carboxylic acids is 2. The molecular formula is C18H19FN4O2. The Morgan fingerprint density at radius 2 is 2.12 bits per heavy atom. The lowest BCUT2D eigenvalue weighted by Gasteiger charge is -2.27. The fraction of sp³-hybridized carbons (Fsp3) is 0.278. The first-order valence-corrected chi connectivity index (χ1v) is 8.10. The molecule has 25 heavy (non-hydrogen) atoms. The van der Waals surface area contributed by atoms with E-state index in [1.54, 1.807) is 35.5 Å². The summed E-state index contributed by atoms with van der Waals surface area (Å²) in [6.07, 6.45) is 3.56. The van der Waals surface area contributed by atoms with Gasteiger partial charge in [-0.25, -0.2) is 9.18 Å². The van der Waals surface area contributed by atoms with Crippen LogP contribution in [-0.2, 0) is 6.42 Å². The van der Waals surface area contributed by atoms with Crippen LogP contribution in [0.1, 0.15) is 15.9 Å². The van der Waals surface area contributed by atoms with Crippen LogP contribution in [0.5, 0.6) is 0 Å². The summed E-state index contributed by atoms with van der Waals surface area (Å²) in [5.74, 6) is -0.547. The van der Waals surface area contributed by atoms with Gasteiger partial charge >= 0.3 is 6.03 Å². The highest BCUT2D eigenvalue weighted by Gasteiger charge is 2.28. The largest absolute Gasteiger partial charge is 0.350 e. The van der Waals surface area contributed by atoms with Gasteiger partial charge < -0.3 is 15.5 Å². The lowest BCUT2D eigenvalue weighted by molar-refractivity contribution is 0.0940. The van der Waals surface area contributed by atoms with Crippen LogP contribution in [0.4, 0.5) is 9.18 Å². The van der Waals surface area contributed by atoms with Crippen LogP contribution in [0, 0.1) is 5.82 Å². The average molecular weight is 342 g/mol. The lowest BCUT2D eigenvalue weighted by Crippen LogP contribution is -2.46. The number of halogens is 1. The molecule has 1 atom stereocenters. The van der Waals surface area contributed by atoms with Crippen LogP contribution in [0.3, 0.4) is 0 Å². The smallest absolute Gasteiger partial charge is 0.317 e. The second-order valence-electron chi connectivity index (χ2n) is 5.86. The maximum absolute atomic E-state index is 13.4. The van der Waals surface area contributed by atoms with Crippen LogP contribution in [-0.4, -0.2) is 47.5 Å². The van der Waals surface area contributed by atoms with Gasteiger partial charge in [0.05, 0.1) is 6.04 Å². The molecule has 1 aliphatic heterocycles. The summed E-state index contributed by atoms with van der Waals surface area (Å²) in [5.41, 5.74) is 1.29. The Hall–Kier alpha value is -2.96. The van der Waals surface area contributed by atoms with Crippen molar-refractivity contribution in [3.05, 3.63) is 65.7 Å². The van der Waals surface area contributed by atoms with Gasteiger partial charge in [0.2, 0.25) is 0 Å². The molecule has 0 bridgehead atoms. The highest BCUT2D eigenvalue weighted by Crippen LogP contribution is 2.13. The molecule has 2 aromatic rings. The molecule has 1 aliphatic rings. The molecule has 0 spiro atoms. The number of urea groups is 1. The van der Waals surface area contributed by atoms with Crippen molar-refractivity contribution in [1.82, 2.24) is 20.5 Å². The van der Waals surface area contributed by atoms with Crippen molar-refractivity contribution in [3.8, 4) is 0 Å². The number of carbonyl (C=O) groups is 2. The molecule has 130 valence electrons. The molecular weight excluding hydrogens is 323 g/mol. The zero-order valence-corrected chi connectivity index (χ0v) is 13.6. The molecule has 7 heteroatoms. The number of rotatable bonds is 6. The first kappa shape index (κ1) is 16.9. The highest BCUT2D eigenvalue weighted by atomic mass is 19.1. The summed E-state index contributed by atoms with van der Waals surface area (Å²) in [7, 11) is 0. The Kier molecular flexibility index (Phi) is 5.23. The van der Waals surface area contributed by atoms with E-state index >= 15 is 0 Å². The fourth-order valence-electron chi connectivity index (χ4n) is 2.88. The van der Waals surface area contributed by atoms with Crippen molar-refractivity contribution < 1.29 is 14.0 Å². The molecule has 6 nitrogen and oxygen atoms in total. The molecule has 3 amide bonds. The summed E-state index contributed by atoms with van der Waals surface area (Å²) >= 11 is 0. The second kappa shape index (κ2) is 7.74.